The second kappa shape index (κ2) is 16.1. The quantitative estimate of drug-likeness (QED) is 0.0330. The summed E-state index contributed by atoms with van der Waals surface area (Å²) in [6.45, 7) is 3.63. The third-order valence-corrected chi connectivity index (χ3v) is 11.9. The van der Waals surface area contributed by atoms with Crippen LogP contribution in [0.2, 0.25) is 0 Å². The molecule has 8 N–H and O–H groups in total. The predicted octanol–water partition coefficient (Wildman–Crippen LogP) is 6.21. The molecule has 2 heterocycles. The zero-order chi connectivity index (χ0) is 45.1. The van der Waals surface area contributed by atoms with E-state index in [-0.39, 0.29) is 80.6 Å². The molecule has 3 aliphatic carbocycles. The lowest BCUT2D eigenvalue weighted by Crippen LogP contribution is -2.80. The maximum atomic E-state index is 14.1. The van der Waals surface area contributed by atoms with Crippen LogP contribution >= 0.6 is 12.2 Å². The summed E-state index contributed by atoms with van der Waals surface area (Å²) in [5.74, 6) is 4.00. The third kappa shape index (κ3) is 8.38. The van der Waals surface area contributed by atoms with Crippen LogP contribution in [0, 0.1) is 11.3 Å². The maximum Gasteiger partial charge on any atom is 0.435 e. The van der Waals surface area contributed by atoms with Gasteiger partial charge in [0.2, 0.25) is 0 Å². The van der Waals surface area contributed by atoms with Gasteiger partial charge >= 0.3 is 17.3 Å². The number of nitrogens with one attached hydrogen (secondary N) is 2. The SMILES string of the molecule is CC1(C)CC(=O)c2c(C(F)(F)F)nn(-c3ccc(C(N)=O)c(NC4CCC(/C=[NH+]\C(=S)N(N)c5ccc(-c6c7ccc(=O)cc-7oc7cc(O)ccc67)c(C(=O)O)c5)CC4)c3)c2C1. The van der Waals surface area contributed by atoms with Crippen molar-refractivity contribution in [1.29, 1.82) is 0 Å². The first-order chi connectivity index (χ1) is 29.8. The summed E-state index contributed by atoms with van der Waals surface area (Å²) >= 11 is 5.59. The van der Waals surface area contributed by atoms with Crippen molar-refractivity contribution < 1.29 is 47.2 Å². The fourth-order valence-electron chi connectivity index (χ4n) is 8.61. The number of carboxylic acid groups (broad SMARTS) is 1. The molecule has 0 radical (unpaired) electrons. The number of phenols is 1. The molecular formula is C45H41F3N7O7S+. The number of aromatic hydroxyl groups is 1. The summed E-state index contributed by atoms with van der Waals surface area (Å²) in [6, 6.07) is 17.5. The number of thiocarbonyl (C=S) groups is 1. The van der Waals surface area contributed by atoms with Crippen molar-refractivity contribution in [1.82, 2.24) is 9.78 Å². The Morgan fingerprint density at radius 2 is 1.70 bits per heavy atom. The Hall–Kier alpha value is -6.92. The van der Waals surface area contributed by atoms with E-state index in [0.717, 1.165) is 9.69 Å². The molecular weight excluding hydrogens is 840 g/mol. The molecule has 8 rings (SSSR count). The number of fused-ring (bicyclic) bond motifs is 3. The van der Waals surface area contributed by atoms with Crippen LogP contribution in [0.15, 0.2) is 82.0 Å². The number of nitrogens with zero attached hydrogens (tertiary/aromatic N) is 3. The lowest BCUT2D eigenvalue weighted by Gasteiger charge is -2.29. The zero-order valence-corrected chi connectivity index (χ0v) is 34.7. The number of amides is 1. The Labute approximate surface area is 362 Å². The number of benzene rings is 4. The van der Waals surface area contributed by atoms with E-state index in [9.17, 15) is 42.6 Å². The number of anilines is 2. The minimum Gasteiger partial charge on any atom is -0.508 e. The van der Waals surface area contributed by atoms with Gasteiger partial charge in [-0.05, 0) is 97.7 Å². The van der Waals surface area contributed by atoms with Crippen LogP contribution in [-0.4, -0.2) is 55.0 Å². The normalized spacial score (nSPS) is 17.5. The number of hydrogen-bond acceptors (Lipinski definition) is 10. The van der Waals surface area contributed by atoms with Crippen molar-refractivity contribution in [2.75, 3.05) is 10.3 Å². The molecule has 0 atom stereocenters. The zero-order valence-electron chi connectivity index (χ0n) is 33.9. The molecule has 0 unspecified atom stereocenters. The standard InChI is InChI=1S/C45H40F3N7O7S/c1-44(2)19-34-39(35(58)20-44)40(45(46,47)48)53-55(34)25-8-12-29(41(49)59)33(16-25)52-23-5-3-22(4-6-23)21-51-43(63)54(50)24-7-11-28(32(15-24)42(60)61)38-30-13-9-26(56)17-36(30)62-37-18-27(57)10-14-31(37)38/h7-18,21-23,52,56H,3-6,19-20,50H2,1-2H3,(H2,49,59)(H,60,61)/p+1/b51-21-. The summed E-state index contributed by atoms with van der Waals surface area (Å²) < 4.78 is 49.4. The van der Waals surface area contributed by atoms with Gasteiger partial charge in [-0.15, -0.1) is 5.01 Å². The van der Waals surface area contributed by atoms with E-state index in [0.29, 0.717) is 53.4 Å². The summed E-state index contributed by atoms with van der Waals surface area (Å²) in [4.78, 5) is 53.5. The van der Waals surface area contributed by atoms with Gasteiger partial charge in [-0.3, -0.25) is 14.4 Å². The number of aromatic nitrogens is 2. The molecule has 4 aliphatic rings. The Morgan fingerprint density at radius 1 is 0.968 bits per heavy atom. The highest BCUT2D eigenvalue weighted by Crippen LogP contribution is 2.44. The number of carbonyl (C=O) groups excluding carboxylic acids is 2. The highest BCUT2D eigenvalue weighted by Gasteiger charge is 2.45. The van der Waals surface area contributed by atoms with E-state index in [1.165, 1.54) is 48.5 Å². The van der Waals surface area contributed by atoms with Gasteiger partial charge in [0.15, 0.2) is 16.9 Å². The van der Waals surface area contributed by atoms with Crippen LogP contribution in [0.3, 0.4) is 0 Å². The van der Waals surface area contributed by atoms with Crippen molar-refractivity contribution in [3.8, 4) is 33.9 Å². The predicted molar refractivity (Wildman–Crippen MR) is 232 cm³/mol. The second-order valence-electron chi connectivity index (χ2n) is 16.7. The minimum atomic E-state index is -4.85. The number of primary amides is 1. The summed E-state index contributed by atoms with van der Waals surface area (Å²) in [5.41, 5.74) is 5.75. The number of hydrogen-bond donors (Lipinski definition) is 6. The summed E-state index contributed by atoms with van der Waals surface area (Å²) in [6.07, 6.45) is -0.262. The first-order valence-corrected chi connectivity index (χ1v) is 20.4. The van der Waals surface area contributed by atoms with E-state index in [4.69, 9.17) is 28.2 Å². The number of ketones is 1. The van der Waals surface area contributed by atoms with Gasteiger partial charge in [-0.25, -0.2) is 14.5 Å². The number of alkyl halides is 3. The second-order valence-corrected chi connectivity index (χ2v) is 17.1. The van der Waals surface area contributed by atoms with Crippen LogP contribution < -0.4 is 32.3 Å². The van der Waals surface area contributed by atoms with Crippen molar-refractivity contribution in [3.63, 3.8) is 0 Å². The van der Waals surface area contributed by atoms with Crippen LogP contribution in [0.25, 0.3) is 39.1 Å². The number of hydrazine groups is 1. The Balaban J connectivity index is 0.979. The van der Waals surface area contributed by atoms with Gasteiger partial charge in [-0.1, -0.05) is 13.8 Å². The van der Waals surface area contributed by atoms with Crippen LogP contribution in [-0.2, 0) is 12.6 Å². The molecule has 1 fully saturated rings. The van der Waals surface area contributed by atoms with Crippen LogP contribution in [0.5, 0.6) is 5.75 Å². The fourth-order valence-corrected chi connectivity index (χ4v) is 8.78. The van der Waals surface area contributed by atoms with Crippen molar-refractivity contribution in [2.45, 2.75) is 64.6 Å². The first-order valence-electron chi connectivity index (χ1n) is 20.0. The number of Topliss-reactive ketones (excluding diaryl/α,β-unsaturated/α-hetero) is 1. The Kier molecular flexibility index (Phi) is 10.9. The number of nitrogens with two attached hydrogens (primary N) is 2. The Morgan fingerprint density at radius 3 is 2.40 bits per heavy atom. The molecule has 0 spiro atoms. The van der Waals surface area contributed by atoms with Crippen molar-refractivity contribution in [3.05, 3.63) is 111 Å². The van der Waals surface area contributed by atoms with Crippen molar-refractivity contribution in [2.24, 2.45) is 22.9 Å². The van der Waals surface area contributed by atoms with Crippen LogP contribution in [0.4, 0.5) is 24.5 Å². The molecule has 0 saturated heterocycles. The number of rotatable bonds is 8. The highest BCUT2D eigenvalue weighted by atomic mass is 32.1. The van der Waals surface area contributed by atoms with E-state index in [2.05, 4.69) is 15.4 Å². The average Bonchev–Trinajstić information content (AvgIpc) is 3.61. The van der Waals surface area contributed by atoms with Gasteiger partial charge in [0, 0.05) is 71.0 Å². The molecule has 1 aliphatic heterocycles. The van der Waals surface area contributed by atoms with Gasteiger partial charge in [-0.2, -0.15) is 24.1 Å². The molecule has 1 amide bonds. The average molecular weight is 881 g/mol. The molecule has 324 valence electrons. The number of carboxylic acids is 1. The molecule has 14 nitrogen and oxygen atoms in total. The smallest absolute Gasteiger partial charge is 0.435 e. The molecule has 1 aromatic heterocycles. The largest absolute Gasteiger partial charge is 0.508 e. The highest BCUT2D eigenvalue weighted by molar-refractivity contribution is 7.80. The van der Waals surface area contributed by atoms with Crippen molar-refractivity contribution >= 4 is 63.5 Å². The lowest BCUT2D eigenvalue weighted by atomic mass is 9.75. The topological polar surface area (TPSA) is 221 Å². The Bertz CT molecular complexity index is 2930. The number of phenolic OH excluding ortho intramolecular Hbond substituents is 1. The fraction of sp³-hybridized carbons (Fsp3) is 0.267. The number of halogens is 3. The number of carbonyl (C=O) groups is 3. The van der Waals surface area contributed by atoms with Gasteiger partial charge in [0.25, 0.3) is 5.91 Å². The lowest BCUT2D eigenvalue weighted by molar-refractivity contribution is -0.310. The summed E-state index contributed by atoms with van der Waals surface area (Å²) in [7, 11) is 0. The van der Waals surface area contributed by atoms with Crippen LogP contribution in [0.1, 0.15) is 88.4 Å². The summed E-state index contributed by atoms with van der Waals surface area (Å²) in [5, 5.41) is 29.5. The monoisotopic (exact) mass is 880 g/mol. The van der Waals surface area contributed by atoms with E-state index >= 15 is 0 Å². The molecule has 3 aromatic carbocycles. The number of aromatic carboxylic acids is 1. The molecule has 18 heteroatoms. The van der Waals surface area contributed by atoms with E-state index in [1.807, 2.05) is 20.1 Å². The molecule has 4 aromatic rings. The maximum absolute atomic E-state index is 14.1. The van der Waals surface area contributed by atoms with Gasteiger partial charge < -0.3 is 25.7 Å². The van der Waals surface area contributed by atoms with Gasteiger partial charge in [0.05, 0.1) is 34.3 Å². The van der Waals surface area contributed by atoms with Gasteiger partial charge in [0.1, 0.15) is 22.8 Å². The molecule has 0 bridgehead atoms. The minimum absolute atomic E-state index is 0.0321. The van der Waals surface area contributed by atoms with E-state index < -0.39 is 40.5 Å². The third-order valence-electron chi connectivity index (χ3n) is 11.6. The first kappa shape index (κ1) is 42.8. The molecule has 63 heavy (non-hydrogen) atoms. The van der Waals surface area contributed by atoms with E-state index in [1.54, 1.807) is 24.3 Å². The molecule has 1 saturated carbocycles.